The number of sulfonamides is 1. The van der Waals surface area contributed by atoms with E-state index in [0.29, 0.717) is 11.7 Å². The van der Waals surface area contributed by atoms with Crippen LogP contribution >= 0.6 is 0 Å². The van der Waals surface area contributed by atoms with Crippen LogP contribution in [-0.4, -0.2) is 39.9 Å². The fraction of sp³-hybridized carbons (Fsp3) is 0.571. The second kappa shape index (κ2) is 5.26. The van der Waals surface area contributed by atoms with Crippen LogP contribution in [0.25, 0.3) is 0 Å². The summed E-state index contributed by atoms with van der Waals surface area (Å²) < 4.78 is 25.3. The van der Waals surface area contributed by atoms with E-state index in [-0.39, 0.29) is 4.90 Å². The van der Waals surface area contributed by atoms with E-state index in [0.717, 1.165) is 11.6 Å². The average Bonchev–Trinajstić information content (AvgIpc) is 3.21. The molecule has 1 atom stereocenters. The van der Waals surface area contributed by atoms with Gasteiger partial charge in [0.2, 0.25) is 10.0 Å². The van der Waals surface area contributed by atoms with Crippen LogP contribution in [0.1, 0.15) is 19.8 Å². The molecule has 1 saturated carbocycles. The standard InChI is InChI=1S/C14H23N3O2S/c1-10(11-5-6-11)17(4)14-8-7-12(9-13(14)15)20(18,19)16(2)3/h7-11H,5-6,15H2,1-4H3. The number of rotatable bonds is 5. The molecule has 0 radical (unpaired) electrons. The van der Waals surface area contributed by atoms with Crippen LogP contribution in [0.5, 0.6) is 0 Å². The predicted molar refractivity (Wildman–Crippen MR) is 82.3 cm³/mol. The predicted octanol–water partition coefficient (Wildman–Crippen LogP) is 1.75. The lowest BCUT2D eigenvalue weighted by atomic mass is 10.1. The van der Waals surface area contributed by atoms with Crippen molar-refractivity contribution in [1.82, 2.24) is 4.31 Å². The quantitative estimate of drug-likeness (QED) is 0.841. The second-order valence-electron chi connectivity index (χ2n) is 5.70. The summed E-state index contributed by atoms with van der Waals surface area (Å²) in [5.74, 6) is 0.726. The van der Waals surface area contributed by atoms with Crippen molar-refractivity contribution in [2.24, 2.45) is 5.92 Å². The van der Waals surface area contributed by atoms with Crippen molar-refractivity contribution in [2.45, 2.75) is 30.7 Å². The van der Waals surface area contributed by atoms with E-state index >= 15 is 0 Å². The van der Waals surface area contributed by atoms with Gasteiger partial charge in [0, 0.05) is 27.2 Å². The number of anilines is 2. The Morgan fingerprint density at radius 3 is 2.30 bits per heavy atom. The zero-order valence-electron chi connectivity index (χ0n) is 12.5. The lowest BCUT2D eigenvalue weighted by molar-refractivity contribution is 0.521. The molecule has 1 aliphatic rings. The number of hydrogen-bond acceptors (Lipinski definition) is 4. The first-order valence-corrected chi connectivity index (χ1v) is 8.24. The van der Waals surface area contributed by atoms with Crippen molar-refractivity contribution in [2.75, 3.05) is 31.8 Å². The molecule has 2 N–H and O–H groups in total. The van der Waals surface area contributed by atoms with E-state index < -0.39 is 10.0 Å². The summed E-state index contributed by atoms with van der Waals surface area (Å²) in [4.78, 5) is 2.37. The van der Waals surface area contributed by atoms with Gasteiger partial charge in [-0.25, -0.2) is 12.7 Å². The van der Waals surface area contributed by atoms with Gasteiger partial charge in [0.05, 0.1) is 16.3 Å². The summed E-state index contributed by atoms with van der Waals surface area (Å²) in [6.07, 6.45) is 2.52. The molecule has 1 aliphatic carbocycles. The molecule has 0 saturated heterocycles. The van der Waals surface area contributed by atoms with Crippen molar-refractivity contribution in [3.63, 3.8) is 0 Å². The fourth-order valence-electron chi connectivity index (χ4n) is 2.34. The summed E-state index contributed by atoms with van der Waals surface area (Å²) in [6, 6.07) is 5.39. The average molecular weight is 297 g/mol. The van der Waals surface area contributed by atoms with Crippen LogP contribution < -0.4 is 10.6 Å². The third-order valence-corrected chi connectivity index (χ3v) is 5.88. The van der Waals surface area contributed by atoms with Gasteiger partial charge in [0.25, 0.3) is 0 Å². The highest BCUT2D eigenvalue weighted by atomic mass is 32.2. The van der Waals surface area contributed by atoms with Crippen molar-refractivity contribution >= 4 is 21.4 Å². The van der Waals surface area contributed by atoms with Crippen LogP contribution in [0, 0.1) is 5.92 Å². The van der Waals surface area contributed by atoms with E-state index in [9.17, 15) is 8.42 Å². The molecule has 20 heavy (non-hydrogen) atoms. The second-order valence-corrected chi connectivity index (χ2v) is 7.85. The van der Waals surface area contributed by atoms with Gasteiger partial charge in [0.15, 0.2) is 0 Å². The molecule has 0 bridgehead atoms. The van der Waals surface area contributed by atoms with Gasteiger partial charge < -0.3 is 10.6 Å². The van der Waals surface area contributed by atoms with Crippen LogP contribution in [0.2, 0.25) is 0 Å². The molecule has 0 aromatic heterocycles. The highest BCUT2D eigenvalue weighted by molar-refractivity contribution is 7.89. The molecule has 2 rings (SSSR count). The Balaban J connectivity index is 2.30. The number of nitrogen functional groups attached to an aromatic ring is 1. The number of nitrogens with zero attached hydrogens (tertiary/aromatic N) is 2. The minimum absolute atomic E-state index is 0.233. The normalized spacial score (nSPS) is 17.2. The summed E-state index contributed by atoms with van der Waals surface area (Å²) in [7, 11) is 1.61. The first kappa shape index (κ1) is 15.1. The highest BCUT2D eigenvalue weighted by Crippen LogP contribution is 2.38. The zero-order valence-corrected chi connectivity index (χ0v) is 13.3. The monoisotopic (exact) mass is 297 g/mol. The number of hydrogen-bond donors (Lipinski definition) is 1. The van der Waals surface area contributed by atoms with E-state index in [4.69, 9.17) is 5.73 Å². The van der Waals surface area contributed by atoms with Gasteiger partial charge in [-0.15, -0.1) is 0 Å². The first-order valence-electron chi connectivity index (χ1n) is 6.80. The highest BCUT2D eigenvalue weighted by Gasteiger charge is 2.31. The molecule has 5 nitrogen and oxygen atoms in total. The van der Waals surface area contributed by atoms with E-state index in [2.05, 4.69) is 11.8 Å². The van der Waals surface area contributed by atoms with Crippen molar-refractivity contribution in [3.8, 4) is 0 Å². The Labute approximate surface area is 121 Å². The molecule has 0 heterocycles. The third-order valence-electron chi connectivity index (χ3n) is 4.07. The molecule has 1 aromatic rings. The Hall–Kier alpha value is -1.27. The lowest BCUT2D eigenvalue weighted by Crippen LogP contribution is -2.31. The minimum Gasteiger partial charge on any atom is -0.397 e. The number of nitrogens with two attached hydrogens (primary N) is 1. The smallest absolute Gasteiger partial charge is 0.242 e. The fourth-order valence-corrected chi connectivity index (χ4v) is 3.28. The molecule has 0 spiro atoms. The first-order chi connectivity index (χ1) is 9.25. The van der Waals surface area contributed by atoms with Gasteiger partial charge in [-0.1, -0.05) is 0 Å². The Morgan fingerprint density at radius 1 is 1.25 bits per heavy atom. The van der Waals surface area contributed by atoms with Crippen LogP contribution in [-0.2, 0) is 10.0 Å². The molecule has 0 amide bonds. The van der Waals surface area contributed by atoms with Gasteiger partial charge in [-0.2, -0.15) is 0 Å². The van der Waals surface area contributed by atoms with Crippen molar-refractivity contribution in [1.29, 1.82) is 0 Å². The molecule has 6 heteroatoms. The number of benzene rings is 1. The van der Waals surface area contributed by atoms with Gasteiger partial charge in [0.1, 0.15) is 0 Å². The third kappa shape index (κ3) is 2.76. The van der Waals surface area contributed by atoms with Crippen LogP contribution in [0.3, 0.4) is 0 Å². The molecule has 1 unspecified atom stereocenters. The lowest BCUT2D eigenvalue weighted by Gasteiger charge is -2.28. The molecule has 1 fully saturated rings. The van der Waals surface area contributed by atoms with E-state index in [1.54, 1.807) is 18.2 Å². The summed E-state index contributed by atoms with van der Waals surface area (Å²) in [5.41, 5.74) is 7.45. The minimum atomic E-state index is -3.43. The molecule has 1 aromatic carbocycles. The Bertz CT molecular complexity index is 594. The largest absolute Gasteiger partial charge is 0.397 e. The summed E-state index contributed by atoms with van der Waals surface area (Å²) in [5, 5.41) is 0. The van der Waals surface area contributed by atoms with Gasteiger partial charge in [-0.05, 0) is 43.9 Å². The van der Waals surface area contributed by atoms with E-state index in [1.165, 1.54) is 31.2 Å². The van der Waals surface area contributed by atoms with Crippen molar-refractivity contribution < 1.29 is 8.42 Å². The maximum Gasteiger partial charge on any atom is 0.242 e. The SMILES string of the molecule is CC(C1CC1)N(C)c1ccc(S(=O)(=O)N(C)C)cc1N. The summed E-state index contributed by atoms with van der Waals surface area (Å²) in [6.45, 7) is 2.18. The summed E-state index contributed by atoms with van der Waals surface area (Å²) >= 11 is 0. The molecular formula is C14H23N3O2S. The molecule has 112 valence electrons. The van der Waals surface area contributed by atoms with Crippen LogP contribution in [0.15, 0.2) is 23.1 Å². The maximum absolute atomic E-state index is 12.1. The maximum atomic E-state index is 12.1. The topological polar surface area (TPSA) is 66.6 Å². The molecular weight excluding hydrogens is 274 g/mol. The molecule has 0 aliphatic heterocycles. The zero-order chi connectivity index (χ0) is 15.1. The van der Waals surface area contributed by atoms with Crippen LogP contribution in [0.4, 0.5) is 11.4 Å². The Kier molecular flexibility index (Phi) is 3.97. The Morgan fingerprint density at radius 2 is 1.85 bits per heavy atom. The van der Waals surface area contributed by atoms with Crippen molar-refractivity contribution in [3.05, 3.63) is 18.2 Å². The van der Waals surface area contributed by atoms with Gasteiger partial charge >= 0.3 is 0 Å². The van der Waals surface area contributed by atoms with Gasteiger partial charge in [-0.3, -0.25) is 0 Å². The van der Waals surface area contributed by atoms with E-state index in [1.807, 2.05) is 7.05 Å².